The third-order valence-electron chi connectivity index (χ3n) is 3.99. The summed E-state index contributed by atoms with van der Waals surface area (Å²) in [6.07, 6.45) is 2.68. The van der Waals surface area contributed by atoms with Gasteiger partial charge in [0.1, 0.15) is 10.1 Å². The summed E-state index contributed by atoms with van der Waals surface area (Å²) in [4.78, 5) is 24.0. The number of rotatable bonds is 3. The molecule has 1 aromatic heterocycles. The van der Waals surface area contributed by atoms with Crippen LogP contribution in [0.4, 0.5) is 0 Å². The van der Waals surface area contributed by atoms with Crippen molar-refractivity contribution in [3.05, 3.63) is 12.4 Å². The van der Waals surface area contributed by atoms with E-state index in [1.165, 1.54) is 24.0 Å². The summed E-state index contributed by atoms with van der Waals surface area (Å²) < 4.78 is 24.7. The third kappa shape index (κ3) is 1.39. The molecule has 1 amide bonds. The number of hydrogen-bond acceptors (Lipinski definition) is 6. The second kappa shape index (κ2) is 3.78. The number of aromatic nitrogens is 3. The molecule has 2 fully saturated rings. The Labute approximate surface area is 114 Å². The molecule has 0 saturated carbocycles. The zero-order valence-electron chi connectivity index (χ0n) is 10.5. The van der Waals surface area contributed by atoms with E-state index in [1.54, 1.807) is 0 Å². The summed E-state index contributed by atoms with van der Waals surface area (Å²) in [5, 5.41) is 15.6. The highest BCUT2D eigenvalue weighted by molar-refractivity contribution is 7.93. The number of carboxylic acid groups (broad SMARTS) is 1. The Balaban J connectivity index is 2.10. The molecule has 9 nitrogen and oxygen atoms in total. The highest BCUT2D eigenvalue weighted by Crippen LogP contribution is 2.46. The van der Waals surface area contributed by atoms with Crippen LogP contribution in [0.5, 0.6) is 0 Å². The topological polar surface area (TPSA) is 122 Å². The minimum Gasteiger partial charge on any atom is -0.480 e. The molecule has 1 N–H and O–H groups in total. The molecule has 3 atom stereocenters. The standard InChI is InChI=1S/C10H12N4O5S/c1-10(5-13-3-2-11-12-13)8(9(16)17)14-6(15)4-7(14)20(10,18)19/h2-3,7-8H,4-5H2,1H3,(H,16,17)/t7?,8?,10-/m1/s1. The van der Waals surface area contributed by atoms with Crippen LogP contribution in [0.15, 0.2) is 12.4 Å². The van der Waals surface area contributed by atoms with Crippen LogP contribution in [0, 0.1) is 0 Å². The van der Waals surface area contributed by atoms with Gasteiger partial charge in [0, 0.05) is 6.20 Å². The number of aliphatic carboxylic acids is 1. The third-order valence-corrected chi connectivity index (χ3v) is 6.76. The fraction of sp³-hybridized carbons (Fsp3) is 0.600. The average Bonchev–Trinajstić information content (AvgIpc) is 2.87. The van der Waals surface area contributed by atoms with E-state index in [0.29, 0.717) is 0 Å². The molecule has 3 heterocycles. The Hall–Kier alpha value is -1.97. The molecule has 1 aromatic rings. The Kier molecular flexibility index (Phi) is 2.46. The smallest absolute Gasteiger partial charge is 0.328 e. The molecule has 108 valence electrons. The average molecular weight is 300 g/mol. The largest absolute Gasteiger partial charge is 0.480 e. The van der Waals surface area contributed by atoms with E-state index in [2.05, 4.69) is 10.3 Å². The first-order chi connectivity index (χ1) is 9.29. The van der Waals surface area contributed by atoms with Crippen LogP contribution in [0.3, 0.4) is 0 Å². The second-order valence-corrected chi connectivity index (χ2v) is 7.73. The molecule has 0 bridgehead atoms. The minimum atomic E-state index is -3.80. The van der Waals surface area contributed by atoms with E-state index in [-0.39, 0.29) is 13.0 Å². The van der Waals surface area contributed by atoms with Crippen molar-refractivity contribution in [1.82, 2.24) is 19.9 Å². The Morgan fingerprint density at radius 2 is 2.30 bits per heavy atom. The molecule has 2 aliphatic rings. The van der Waals surface area contributed by atoms with Gasteiger partial charge in [-0.05, 0) is 6.92 Å². The van der Waals surface area contributed by atoms with Gasteiger partial charge in [0.25, 0.3) is 0 Å². The first kappa shape index (κ1) is 13.0. The fourth-order valence-corrected chi connectivity index (χ4v) is 5.29. The van der Waals surface area contributed by atoms with Crippen molar-refractivity contribution in [3.63, 3.8) is 0 Å². The van der Waals surface area contributed by atoms with Gasteiger partial charge < -0.3 is 10.0 Å². The van der Waals surface area contributed by atoms with E-state index < -0.39 is 37.9 Å². The molecule has 2 saturated heterocycles. The summed E-state index contributed by atoms with van der Waals surface area (Å²) in [7, 11) is -3.80. The van der Waals surface area contributed by atoms with Crippen LogP contribution in [-0.4, -0.2) is 61.5 Å². The molecule has 20 heavy (non-hydrogen) atoms. The predicted octanol–water partition coefficient (Wildman–Crippen LogP) is -1.52. The molecule has 2 unspecified atom stereocenters. The number of amides is 1. The lowest BCUT2D eigenvalue weighted by molar-refractivity contribution is -0.157. The highest BCUT2D eigenvalue weighted by Gasteiger charge is 2.70. The van der Waals surface area contributed by atoms with Gasteiger partial charge in [-0.3, -0.25) is 9.48 Å². The van der Waals surface area contributed by atoms with Crippen LogP contribution in [-0.2, 0) is 26.0 Å². The maximum absolute atomic E-state index is 12.5. The number of carbonyl (C=O) groups excluding carboxylic acids is 1. The molecule has 0 spiro atoms. The number of carboxylic acids is 1. The van der Waals surface area contributed by atoms with Crippen LogP contribution >= 0.6 is 0 Å². The Morgan fingerprint density at radius 1 is 1.60 bits per heavy atom. The quantitative estimate of drug-likeness (QED) is 0.672. The van der Waals surface area contributed by atoms with Gasteiger partial charge >= 0.3 is 5.97 Å². The number of fused-ring (bicyclic) bond motifs is 1. The van der Waals surface area contributed by atoms with Crippen molar-refractivity contribution in [1.29, 1.82) is 0 Å². The minimum absolute atomic E-state index is 0.154. The van der Waals surface area contributed by atoms with Gasteiger partial charge in [-0.1, -0.05) is 5.21 Å². The van der Waals surface area contributed by atoms with Crippen LogP contribution < -0.4 is 0 Å². The van der Waals surface area contributed by atoms with Gasteiger partial charge in [0.15, 0.2) is 15.9 Å². The van der Waals surface area contributed by atoms with E-state index in [9.17, 15) is 23.1 Å². The zero-order valence-corrected chi connectivity index (χ0v) is 11.3. The molecular formula is C10H12N4O5S. The summed E-state index contributed by atoms with van der Waals surface area (Å²) in [6, 6.07) is -1.40. The van der Waals surface area contributed by atoms with E-state index in [0.717, 1.165) is 4.90 Å². The number of hydrogen-bond donors (Lipinski definition) is 1. The van der Waals surface area contributed by atoms with E-state index in [1.807, 2.05) is 0 Å². The van der Waals surface area contributed by atoms with Gasteiger partial charge in [-0.2, -0.15) is 0 Å². The molecular weight excluding hydrogens is 288 g/mol. The maximum atomic E-state index is 12.5. The lowest BCUT2D eigenvalue weighted by Gasteiger charge is -2.35. The lowest BCUT2D eigenvalue weighted by Crippen LogP contribution is -2.58. The molecule has 0 radical (unpaired) electrons. The highest BCUT2D eigenvalue weighted by atomic mass is 32.2. The summed E-state index contributed by atoms with van der Waals surface area (Å²) in [5.74, 6) is -1.78. The van der Waals surface area contributed by atoms with Crippen LogP contribution in [0.25, 0.3) is 0 Å². The zero-order chi connectivity index (χ0) is 14.7. The van der Waals surface area contributed by atoms with Crippen molar-refractivity contribution in [2.45, 2.75) is 36.1 Å². The number of nitrogens with zero attached hydrogens (tertiary/aromatic N) is 4. The van der Waals surface area contributed by atoms with Crippen molar-refractivity contribution < 1.29 is 23.1 Å². The number of β-lactam (4-membered cyclic amide) rings is 1. The second-order valence-electron chi connectivity index (χ2n) is 5.16. The first-order valence-corrected chi connectivity index (χ1v) is 7.45. The summed E-state index contributed by atoms with van der Waals surface area (Å²) >= 11 is 0. The van der Waals surface area contributed by atoms with Crippen molar-refractivity contribution in [2.75, 3.05) is 0 Å². The monoisotopic (exact) mass is 300 g/mol. The fourth-order valence-electron chi connectivity index (χ4n) is 2.93. The van der Waals surface area contributed by atoms with Gasteiger partial charge in [0.2, 0.25) is 5.91 Å². The molecule has 3 rings (SSSR count). The van der Waals surface area contributed by atoms with Crippen LogP contribution in [0.2, 0.25) is 0 Å². The van der Waals surface area contributed by atoms with Gasteiger partial charge in [-0.15, -0.1) is 5.10 Å². The summed E-state index contributed by atoms with van der Waals surface area (Å²) in [5.41, 5.74) is 0. The maximum Gasteiger partial charge on any atom is 0.328 e. The number of sulfone groups is 1. The number of carbonyl (C=O) groups is 2. The molecule has 2 aliphatic heterocycles. The van der Waals surface area contributed by atoms with E-state index in [4.69, 9.17) is 0 Å². The Morgan fingerprint density at radius 3 is 2.80 bits per heavy atom. The first-order valence-electron chi connectivity index (χ1n) is 5.90. The molecule has 0 aliphatic carbocycles. The SMILES string of the molecule is C[C@@]1(Cn2ccnn2)C(C(=O)O)N2C(=O)CC2S1(=O)=O. The predicted molar refractivity (Wildman–Crippen MR) is 64.0 cm³/mol. The van der Waals surface area contributed by atoms with Crippen molar-refractivity contribution in [3.8, 4) is 0 Å². The van der Waals surface area contributed by atoms with Gasteiger partial charge in [0.05, 0.1) is 19.2 Å². The molecule has 0 aromatic carbocycles. The summed E-state index contributed by atoms with van der Waals surface area (Å²) in [6.45, 7) is 1.18. The Bertz CT molecular complexity index is 685. The lowest BCUT2D eigenvalue weighted by atomic mass is 9.96. The van der Waals surface area contributed by atoms with Crippen molar-refractivity contribution >= 4 is 21.7 Å². The van der Waals surface area contributed by atoms with Crippen LogP contribution in [0.1, 0.15) is 13.3 Å². The molecule has 10 heteroatoms. The van der Waals surface area contributed by atoms with E-state index >= 15 is 0 Å². The van der Waals surface area contributed by atoms with Crippen molar-refractivity contribution in [2.24, 2.45) is 0 Å². The normalized spacial score (nSPS) is 34.6. The van der Waals surface area contributed by atoms with Gasteiger partial charge in [-0.25, -0.2) is 13.2 Å².